The number of amides is 2. The minimum atomic E-state index is -0.427. The normalized spacial score (nSPS) is 23.7. The van der Waals surface area contributed by atoms with Crippen LogP contribution in [0.15, 0.2) is 24.3 Å². The van der Waals surface area contributed by atoms with Gasteiger partial charge < -0.3 is 20.6 Å². The van der Waals surface area contributed by atoms with Gasteiger partial charge in [0.05, 0.1) is 6.10 Å². The van der Waals surface area contributed by atoms with Gasteiger partial charge in [0, 0.05) is 24.8 Å². The molecular formula is C16H25N3O2. The van der Waals surface area contributed by atoms with Gasteiger partial charge >= 0.3 is 6.03 Å². The maximum atomic E-state index is 12.2. The number of piperidine rings is 1. The molecule has 3 unspecified atom stereocenters. The monoisotopic (exact) mass is 291 g/mol. The molecule has 2 amide bonds. The molecule has 2 rings (SSSR count). The molecule has 21 heavy (non-hydrogen) atoms. The second-order valence-corrected chi connectivity index (χ2v) is 5.84. The smallest absolute Gasteiger partial charge is 0.321 e. The van der Waals surface area contributed by atoms with Crippen molar-refractivity contribution in [3.63, 3.8) is 0 Å². The van der Waals surface area contributed by atoms with Crippen LogP contribution >= 0.6 is 0 Å². The fourth-order valence-electron chi connectivity index (χ4n) is 2.46. The maximum absolute atomic E-state index is 12.2. The number of nitrogens with one attached hydrogen (secondary N) is 2. The Bertz CT molecular complexity index is 475. The number of β-amino-alcohol motifs (C(OH)–C–C–N with tert-alkyl or cyclic N) is 1. The summed E-state index contributed by atoms with van der Waals surface area (Å²) in [5.41, 5.74) is 1.96. The number of rotatable bonds is 3. The topological polar surface area (TPSA) is 64.6 Å². The third-order valence-electron chi connectivity index (χ3n) is 4.30. The van der Waals surface area contributed by atoms with Crippen LogP contribution in [0.3, 0.4) is 0 Å². The van der Waals surface area contributed by atoms with E-state index in [1.807, 2.05) is 38.2 Å². The molecule has 1 aliphatic rings. The third kappa shape index (κ3) is 3.95. The van der Waals surface area contributed by atoms with Crippen LogP contribution in [0.2, 0.25) is 0 Å². The molecular weight excluding hydrogens is 266 g/mol. The Labute approximate surface area is 126 Å². The number of carbonyl (C=O) groups is 1. The summed E-state index contributed by atoms with van der Waals surface area (Å²) in [6, 6.07) is 7.96. The number of aliphatic hydroxyl groups is 1. The summed E-state index contributed by atoms with van der Waals surface area (Å²) in [7, 11) is 1.92. The minimum Gasteiger partial charge on any atom is -0.391 e. The van der Waals surface area contributed by atoms with E-state index >= 15 is 0 Å². The summed E-state index contributed by atoms with van der Waals surface area (Å²) in [5, 5.41) is 15.9. The molecule has 3 atom stereocenters. The van der Waals surface area contributed by atoms with Gasteiger partial charge in [-0.25, -0.2) is 4.79 Å². The highest BCUT2D eigenvalue weighted by atomic mass is 16.3. The standard InChI is InChI=1S/C16H25N3O2/c1-11-8-9-19(10-15(11)20)16(21)18-14-6-4-13(5-7-14)12(2)17-3/h4-7,11-12,15,17,20H,8-10H2,1-3H3,(H,18,21). The summed E-state index contributed by atoms with van der Waals surface area (Å²) in [6.45, 7) is 5.20. The van der Waals surface area contributed by atoms with Crippen molar-refractivity contribution >= 4 is 11.7 Å². The van der Waals surface area contributed by atoms with Gasteiger partial charge in [-0.1, -0.05) is 19.1 Å². The summed E-state index contributed by atoms with van der Waals surface area (Å²) in [6.07, 6.45) is 0.413. The summed E-state index contributed by atoms with van der Waals surface area (Å²) in [5.74, 6) is 0.261. The molecule has 0 spiro atoms. The summed E-state index contributed by atoms with van der Waals surface area (Å²) >= 11 is 0. The van der Waals surface area contributed by atoms with Crippen molar-refractivity contribution in [3.05, 3.63) is 29.8 Å². The number of likely N-dealkylation sites (tertiary alicyclic amines) is 1. The fraction of sp³-hybridized carbons (Fsp3) is 0.562. The number of urea groups is 1. The lowest BCUT2D eigenvalue weighted by atomic mass is 9.96. The molecule has 0 saturated carbocycles. The highest BCUT2D eigenvalue weighted by Crippen LogP contribution is 2.19. The van der Waals surface area contributed by atoms with Crippen molar-refractivity contribution < 1.29 is 9.90 Å². The second kappa shape index (κ2) is 6.91. The largest absolute Gasteiger partial charge is 0.391 e. The molecule has 0 bridgehead atoms. The third-order valence-corrected chi connectivity index (χ3v) is 4.30. The van der Waals surface area contributed by atoms with E-state index < -0.39 is 6.10 Å². The van der Waals surface area contributed by atoms with Gasteiger partial charge in [0.1, 0.15) is 0 Å². The van der Waals surface area contributed by atoms with E-state index in [4.69, 9.17) is 0 Å². The van der Waals surface area contributed by atoms with Crippen LogP contribution in [0.4, 0.5) is 10.5 Å². The van der Waals surface area contributed by atoms with Crippen molar-refractivity contribution in [2.75, 3.05) is 25.5 Å². The van der Waals surface area contributed by atoms with Crippen LogP contribution in [0, 0.1) is 5.92 Å². The molecule has 5 heteroatoms. The molecule has 1 aromatic rings. The lowest BCUT2D eigenvalue weighted by Gasteiger charge is -2.34. The Morgan fingerprint density at radius 1 is 1.38 bits per heavy atom. The molecule has 0 aliphatic carbocycles. The van der Waals surface area contributed by atoms with Gasteiger partial charge in [0.15, 0.2) is 0 Å². The first-order valence-corrected chi connectivity index (χ1v) is 7.52. The molecule has 1 fully saturated rings. The van der Waals surface area contributed by atoms with E-state index in [1.165, 1.54) is 5.56 Å². The van der Waals surface area contributed by atoms with E-state index in [9.17, 15) is 9.90 Å². The van der Waals surface area contributed by atoms with Crippen molar-refractivity contribution in [1.82, 2.24) is 10.2 Å². The lowest BCUT2D eigenvalue weighted by molar-refractivity contribution is 0.0464. The predicted octanol–water partition coefficient (Wildman–Crippen LogP) is 2.20. The van der Waals surface area contributed by atoms with Gasteiger partial charge in [0.25, 0.3) is 0 Å². The summed E-state index contributed by atoms with van der Waals surface area (Å²) < 4.78 is 0. The van der Waals surface area contributed by atoms with Crippen molar-refractivity contribution in [3.8, 4) is 0 Å². The van der Waals surface area contributed by atoms with E-state index in [0.717, 1.165) is 12.1 Å². The summed E-state index contributed by atoms with van der Waals surface area (Å²) in [4.78, 5) is 13.9. The average Bonchev–Trinajstić information content (AvgIpc) is 2.50. The van der Waals surface area contributed by atoms with Gasteiger partial charge in [-0.15, -0.1) is 0 Å². The van der Waals surface area contributed by atoms with E-state index in [-0.39, 0.29) is 18.0 Å². The molecule has 1 heterocycles. The number of aliphatic hydroxyl groups excluding tert-OH is 1. The molecule has 0 radical (unpaired) electrons. The van der Waals surface area contributed by atoms with Gasteiger partial charge in [-0.3, -0.25) is 0 Å². The highest BCUT2D eigenvalue weighted by molar-refractivity contribution is 5.89. The first kappa shape index (κ1) is 15.8. The SMILES string of the molecule is CNC(C)c1ccc(NC(=O)N2CCC(C)C(O)C2)cc1. The fourth-order valence-corrected chi connectivity index (χ4v) is 2.46. The van der Waals surface area contributed by atoms with E-state index in [1.54, 1.807) is 4.90 Å². The first-order valence-electron chi connectivity index (χ1n) is 7.52. The van der Waals surface area contributed by atoms with Crippen LogP contribution in [-0.4, -0.2) is 42.3 Å². The molecule has 5 nitrogen and oxygen atoms in total. The predicted molar refractivity (Wildman–Crippen MR) is 84.3 cm³/mol. The first-order chi connectivity index (χ1) is 10.0. The Hall–Kier alpha value is -1.59. The molecule has 116 valence electrons. The van der Waals surface area contributed by atoms with Crippen LogP contribution in [0.5, 0.6) is 0 Å². The average molecular weight is 291 g/mol. The maximum Gasteiger partial charge on any atom is 0.321 e. The highest BCUT2D eigenvalue weighted by Gasteiger charge is 2.27. The lowest BCUT2D eigenvalue weighted by Crippen LogP contribution is -2.47. The Balaban J connectivity index is 1.93. The molecule has 1 saturated heterocycles. The van der Waals surface area contributed by atoms with Gasteiger partial charge in [0.2, 0.25) is 0 Å². The second-order valence-electron chi connectivity index (χ2n) is 5.84. The van der Waals surface area contributed by atoms with Crippen molar-refractivity contribution in [1.29, 1.82) is 0 Å². The van der Waals surface area contributed by atoms with Crippen LogP contribution in [0.25, 0.3) is 0 Å². The Kier molecular flexibility index (Phi) is 5.20. The van der Waals surface area contributed by atoms with Crippen LogP contribution in [-0.2, 0) is 0 Å². The minimum absolute atomic E-state index is 0.143. The Morgan fingerprint density at radius 3 is 2.62 bits per heavy atom. The number of hydrogen-bond donors (Lipinski definition) is 3. The molecule has 1 aromatic carbocycles. The van der Waals surface area contributed by atoms with Gasteiger partial charge in [-0.2, -0.15) is 0 Å². The number of nitrogens with zero attached hydrogens (tertiary/aromatic N) is 1. The Morgan fingerprint density at radius 2 is 2.05 bits per heavy atom. The number of hydrogen-bond acceptors (Lipinski definition) is 3. The quantitative estimate of drug-likeness (QED) is 0.800. The number of anilines is 1. The zero-order chi connectivity index (χ0) is 15.4. The molecule has 0 aromatic heterocycles. The molecule has 3 N–H and O–H groups in total. The zero-order valence-electron chi connectivity index (χ0n) is 13.0. The van der Waals surface area contributed by atoms with Crippen molar-refractivity contribution in [2.24, 2.45) is 5.92 Å². The number of carbonyl (C=O) groups excluding carboxylic acids is 1. The van der Waals surface area contributed by atoms with Crippen LogP contribution in [0.1, 0.15) is 31.9 Å². The van der Waals surface area contributed by atoms with Gasteiger partial charge in [-0.05, 0) is 44.0 Å². The number of benzene rings is 1. The zero-order valence-corrected chi connectivity index (χ0v) is 13.0. The van der Waals surface area contributed by atoms with E-state index in [2.05, 4.69) is 17.6 Å². The molecule has 1 aliphatic heterocycles. The van der Waals surface area contributed by atoms with Crippen LogP contribution < -0.4 is 10.6 Å². The van der Waals surface area contributed by atoms with Crippen molar-refractivity contribution in [2.45, 2.75) is 32.4 Å². The van der Waals surface area contributed by atoms with E-state index in [0.29, 0.717) is 13.1 Å².